The Morgan fingerprint density at radius 1 is 1.32 bits per heavy atom. The van der Waals surface area contributed by atoms with E-state index in [2.05, 4.69) is 0 Å². The zero-order chi connectivity index (χ0) is 14.0. The molecule has 0 aliphatic heterocycles. The molecule has 4 nitrogen and oxygen atoms in total. The molecule has 0 saturated heterocycles. The molecule has 0 fully saturated rings. The number of benzene rings is 1. The van der Waals surface area contributed by atoms with E-state index in [-0.39, 0.29) is 12.2 Å². The van der Waals surface area contributed by atoms with Gasteiger partial charge in [0, 0.05) is 17.5 Å². The van der Waals surface area contributed by atoms with Crippen molar-refractivity contribution in [2.24, 2.45) is 0 Å². The molecule has 2 aromatic rings. The predicted octanol–water partition coefficient (Wildman–Crippen LogP) is 2.51. The van der Waals surface area contributed by atoms with Gasteiger partial charge in [-0.15, -0.1) is 0 Å². The molecule has 0 atom stereocenters. The third kappa shape index (κ3) is 3.35. The number of aryl methyl sites for hydroxylation is 1. The highest BCUT2D eigenvalue weighted by Crippen LogP contribution is 2.23. The lowest BCUT2D eigenvalue weighted by molar-refractivity contribution is 0.0285. The van der Waals surface area contributed by atoms with E-state index in [1.165, 1.54) is 6.07 Å². The lowest BCUT2D eigenvalue weighted by Crippen LogP contribution is -2.27. The first kappa shape index (κ1) is 13.6. The van der Waals surface area contributed by atoms with E-state index in [9.17, 15) is 9.90 Å². The number of hydrogen-bond donors (Lipinski definition) is 1. The lowest BCUT2D eigenvalue weighted by Gasteiger charge is -2.17. The maximum Gasteiger partial charge on any atom is 0.336 e. The van der Waals surface area contributed by atoms with Crippen LogP contribution in [0.25, 0.3) is 11.0 Å². The van der Waals surface area contributed by atoms with E-state index < -0.39 is 5.60 Å². The molecule has 0 aliphatic rings. The van der Waals surface area contributed by atoms with E-state index >= 15 is 0 Å². The molecule has 0 aliphatic carbocycles. The maximum atomic E-state index is 11.4. The third-order valence-electron chi connectivity index (χ3n) is 2.77. The molecule has 4 heteroatoms. The van der Waals surface area contributed by atoms with Gasteiger partial charge in [0.1, 0.15) is 17.9 Å². The van der Waals surface area contributed by atoms with Crippen molar-refractivity contribution < 1.29 is 14.3 Å². The molecule has 0 spiro atoms. The Bertz CT molecular complexity index is 635. The van der Waals surface area contributed by atoms with Crippen molar-refractivity contribution in [3.05, 3.63) is 40.2 Å². The molecule has 2 rings (SSSR count). The quantitative estimate of drug-likeness (QED) is 0.860. The SMILES string of the molecule is CCc1cc(=O)oc2cc(OCC(C)(C)O)ccc12. The predicted molar refractivity (Wildman–Crippen MR) is 73.7 cm³/mol. The summed E-state index contributed by atoms with van der Waals surface area (Å²) in [6, 6.07) is 6.88. The minimum atomic E-state index is -0.902. The van der Waals surface area contributed by atoms with Crippen LogP contribution in [0.5, 0.6) is 5.75 Å². The summed E-state index contributed by atoms with van der Waals surface area (Å²) in [4.78, 5) is 11.4. The number of fused-ring (bicyclic) bond motifs is 1. The largest absolute Gasteiger partial charge is 0.490 e. The summed E-state index contributed by atoms with van der Waals surface area (Å²) in [5.41, 5.74) is 0.211. The second-order valence-corrected chi connectivity index (χ2v) is 5.20. The van der Waals surface area contributed by atoms with Gasteiger partial charge in [0.2, 0.25) is 0 Å². The van der Waals surface area contributed by atoms with Crippen molar-refractivity contribution >= 4 is 11.0 Å². The van der Waals surface area contributed by atoms with Crippen LogP contribution in [0.3, 0.4) is 0 Å². The Hall–Kier alpha value is -1.81. The van der Waals surface area contributed by atoms with Crippen LogP contribution in [0.2, 0.25) is 0 Å². The van der Waals surface area contributed by atoms with Gasteiger partial charge in [-0.25, -0.2) is 4.79 Å². The molecule has 0 bridgehead atoms. The smallest absolute Gasteiger partial charge is 0.336 e. The summed E-state index contributed by atoms with van der Waals surface area (Å²) in [6.45, 7) is 5.51. The standard InChI is InChI=1S/C15H18O4/c1-4-10-7-14(16)19-13-8-11(5-6-12(10)13)18-9-15(2,3)17/h5-8,17H,4,9H2,1-3H3. The highest BCUT2D eigenvalue weighted by molar-refractivity contribution is 5.81. The van der Waals surface area contributed by atoms with Crippen molar-refractivity contribution in [2.45, 2.75) is 32.8 Å². The molecule has 19 heavy (non-hydrogen) atoms. The van der Waals surface area contributed by atoms with Gasteiger partial charge in [0.25, 0.3) is 0 Å². The van der Waals surface area contributed by atoms with E-state index in [1.807, 2.05) is 19.1 Å². The first-order chi connectivity index (χ1) is 8.89. The molecule has 1 aromatic heterocycles. The topological polar surface area (TPSA) is 59.7 Å². The monoisotopic (exact) mass is 262 g/mol. The zero-order valence-electron chi connectivity index (χ0n) is 11.4. The van der Waals surface area contributed by atoms with Crippen molar-refractivity contribution in [3.63, 3.8) is 0 Å². The number of hydrogen-bond acceptors (Lipinski definition) is 4. The third-order valence-corrected chi connectivity index (χ3v) is 2.77. The second-order valence-electron chi connectivity index (χ2n) is 5.20. The van der Waals surface area contributed by atoms with E-state index in [4.69, 9.17) is 9.15 Å². The van der Waals surface area contributed by atoms with E-state index in [0.717, 1.165) is 17.4 Å². The molecule has 0 unspecified atom stereocenters. The van der Waals surface area contributed by atoms with Gasteiger partial charge < -0.3 is 14.3 Å². The molecular formula is C15H18O4. The fraction of sp³-hybridized carbons (Fsp3) is 0.400. The Labute approximate surface area is 111 Å². The first-order valence-corrected chi connectivity index (χ1v) is 6.31. The van der Waals surface area contributed by atoms with Crippen LogP contribution in [0, 0.1) is 0 Å². The van der Waals surface area contributed by atoms with Crippen LogP contribution < -0.4 is 10.4 Å². The summed E-state index contributed by atoms with van der Waals surface area (Å²) in [5, 5.41) is 10.5. The normalized spacial score (nSPS) is 11.8. The van der Waals surface area contributed by atoms with Gasteiger partial charge in [0.15, 0.2) is 0 Å². The highest BCUT2D eigenvalue weighted by atomic mass is 16.5. The summed E-state index contributed by atoms with van der Waals surface area (Å²) in [6.07, 6.45) is 0.770. The molecule has 0 saturated carbocycles. The van der Waals surface area contributed by atoms with Gasteiger partial charge >= 0.3 is 5.63 Å². The molecule has 1 heterocycles. The number of aliphatic hydroxyl groups is 1. The zero-order valence-corrected chi connectivity index (χ0v) is 11.4. The maximum absolute atomic E-state index is 11.4. The van der Waals surface area contributed by atoms with Crippen LogP contribution in [0.4, 0.5) is 0 Å². The fourth-order valence-corrected chi connectivity index (χ4v) is 1.85. The number of ether oxygens (including phenoxy) is 1. The van der Waals surface area contributed by atoms with Crippen LogP contribution in [0.1, 0.15) is 26.3 Å². The number of rotatable bonds is 4. The van der Waals surface area contributed by atoms with E-state index in [0.29, 0.717) is 11.3 Å². The van der Waals surface area contributed by atoms with Crippen molar-refractivity contribution in [1.82, 2.24) is 0 Å². The molecule has 1 aromatic carbocycles. The lowest BCUT2D eigenvalue weighted by atomic mass is 10.1. The molecular weight excluding hydrogens is 244 g/mol. The van der Waals surface area contributed by atoms with Gasteiger partial charge in [-0.05, 0) is 38.0 Å². The van der Waals surface area contributed by atoms with Crippen LogP contribution >= 0.6 is 0 Å². The van der Waals surface area contributed by atoms with Crippen LogP contribution in [-0.2, 0) is 6.42 Å². The minimum Gasteiger partial charge on any atom is -0.490 e. The molecule has 0 radical (unpaired) electrons. The Balaban J connectivity index is 2.38. The van der Waals surface area contributed by atoms with Gasteiger partial charge in [-0.1, -0.05) is 6.92 Å². The Kier molecular flexibility index (Phi) is 3.62. The summed E-state index contributed by atoms with van der Waals surface area (Å²) < 4.78 is 10.7. The van der Waals surface area contributed by atoms with E-state index in [1.54, 1.807) is 19.9 Å². The highest BCUT2D eigenvalue weighted by Gasteiger charge is 2.14. The summed E-state index contributed by atoms with van der Waals surface area (Å²) >= 11 is 0. The first-order valence-electron chi connectivity index (χ1n) is 6.31. The second kappa shape index (κ2) is 5.05. The van der Waals surface area contributed by atoms with Crippen molar-refractivity contribution in [2.75, 3.05) is 6.61 Å². The van der Waals surface area contributed by atoms with Crippen LogP contribution in [0.15, 0.2) is 33.5 Å². The molecule has 1 N–H and O–H groups in total. The average molecular weight is 262 g/mol. The molecule has 0 amide bonds. The Morgan fingerprint density at radius 3 is 2.68 bits per heavy atom. The molecule has 102 valence electrons. The van der Waals surface area contributed by atoms with Crippen LogP contribution in [-0.4, -0.2) is 17.3 Å². The summed E-state index contributed by atoms with van der Waals surface area (Å²) in [7, 11) is 0. The fourth-order valence-electron chi connectivity index (χ4n) is 1.85. The summed E-state index contributed by atoms with van der Waals surface area (Å²) in [5.74, 6) is 0.575. The van der Waals surface area contributed by atoms with Gasteiger partial charge in [-0.3, -0.25) is 0 Å². The van der Waals surface area contributed by atoms with Crippen molar-refractivity contribution in [1.29, 1.82) is 0 Å². The van der Waals surface area contributed by atoms with Crippen molar-refractivity contribution in [3.8, 4) is 5.75 Å². The van der Waals surface area contributed by atoms with Gasteiger partial charge in [0.05, 0.1) is 5.60 Å². The Morgan fingerprint density at radius 2 is 2.05 bits per heavy atom. The van der Waals surface area contributed by atoms with Gasteiger partial charge in [-0.2, -0.15) is 0 Å². The minimum absolute atomic E-state index is 0.177. The average Bonchev–Trinajstić information content (AvgIpc) is 2.34.